The van der Waals surface area contributed by atoms with E-state index >= 15 is 0 Å². The summed E-state index contributed by atoms with van der Waals surface area (Å²) in [6, 6.07) is 10.1. The highest BCUT2D eigenvalue weighted by Crippen LogP contribution is 2.26. The van der Waals surface area contributed by atoms with Crippen molar-refractivity contribution in [1.29, 1.82) is 0 Å². The number of fused-ring (bicyclic) bond motifs is 1. The van der Waals surface area contributed by atoms with E-state index in [-0.39, 0.29) is 0 Å². The van der Waals surface area contributed by atoms with Gasteiger partial charge >= 0.3 is 0 Å². The van der Waals surface area contributed by atoms with Crippen LogP contribution in [0.1, 0.15) is 5.56 Å². The molecule has 3 aromatic heterocycles. The zero-order chi connectivity index (χ0) is 14.9. The molecule has 0 spiro atoms. The quantitative estimate of drug-likeness (QED) is 0.605. The Bertz CT molecular complexity index is 911. The fraction of sp³-hybridized carbons (Fsp3) is 0.0714. The van der Waals surface area contributed by atoms with Gasteiger partial charge in [0.05, 0.1) is 11.1 Å². The fourth-order valence-electron chi connectivity index (χ4n) is 2.44. The fourth-order valence-corrected chi connectivity index (χ4v) is 2.44. The summed E-state index contributed by atoms with van der Waals surface area (Å²) >= 11 is 0. The lowest BCUT2D eigenvalue weighted by molar-refractivity contribution is 0.762. The van der Waals surface area contributed by atoms with Crippen molar-refractivity contribution in [2.24, 2.45) is 0 Å². The Morgan fingerprint density at radius 3 is 2.73 bits per heavy atom. The molecule has 0 fully saturated rings. The van der Waals surface area contributed by atoms with Crippen molar-refractivity contribution >= 4 is 16.7 Å². The van der Waals surface area contributed by atoms with Gasteiger partial charge in [0.15, 0.2) is 11.5 Å². The van der Waals surface area contributed by atoms with Gasteiger partial charge in [0.2, 0.25) is 0 Å². The molecule has 0 bridgehead atoms. The van der Waals surface area contributed by atoms with Crippen LogP contribution in [0.15, 0.2) is 49.2 Å². The minimum Gasteiger partial charge on any atom is -0.397 e. The Kier molecular flexibility index (Phi) is 2.78. The molecular formula is C14H12N8. The Morgan fingerprint density at radius 1 is 1.09 bits per heavy atom. The Morgan fingerprint density at radius 2 is 1.95 bits per heavy atom. The molecule has 2 N–H and O–H groups in total. The first-order chi connectivity index (χ1) is 10.8. The standard InChI is InChI=1S/C14H12N8/c15-11-7-21(6-10-4-2-1-3-5-10)13-12(11)14(19-20-18-13)22-9-16-8-17-22/h1-5,7-9H,6,15H2. The molecule has 0 radical (unpaired) electrons. The van der Waals surface area contributed by atoms with Gasteiger partial charge in [-0.25, -0.2) is 4.98 Å². The summed E-state index contributed by atoms with van der Waals surface area (Å²) in [5.41, 5.74) is 8.55. The van der Waals surface area contributed by atoms with Gasteiger partial charge in [-0.15, -0.1) is 10.2 Å². The largest absolute Gasteiger partial charge is 0.397 e. The number of nitrogen functional groups attached to an aromatic ring is 1. The third-order valence-electron chi connectivity index (χ3n) is 3.41. The van der Waals surface area contributed by atoms with Crippen LogP contribution < -0.4 is 5.73 Å². The maximum atomic E-state index is 6.15. The number of anilines is 1. The van der Waals surface area contributed by atoms with E-state index in [2.05, 4.69) is 37.6 Å². The number of nitrogens with two attached hydrogens (primary N) is 1. The predicted octanol–water partition coefficient (Wildman–Crippen LogP) is 1.04. The number of rotatable bonds is 3. The second-order valence-corrected chi connectivity index (χ2v) is 4.85. The van der Waals surface area contributed by atoms with E-state index in [0.29, 0.717) is 23.7 Å². The molecule has 8 heteroatoms. The Balaban J connectivity index is 1.87. The van der Waals surface area contributed by atoms with Gasteiger partial charge in [-0.05, 0) is 10.8 Å². The van der Waals surface area contributed by atoms with Crippen LogP contribution in [0.3, 0.4) is 0 Å². The van der Waals surface area contributed by atoms with Crippen LogP contribution in [0, 0.1) is 0 Å². The normalized spacial score (nSPS) is 11.1. The maximum Gasteiger partial charge on any atom is 0.192 e. The van der Waals surface area contributed by atoms with Gasteiger partial charge in [-0.2, -0.15) is 9.78 Å². The van der Waals surface area contributed by atoms with Gasteiger partial charge in [0.25, 0.3) is 0 Å². The molecule has 4 rings (SSSR count). The average molecular weight is 292 g/mol. The second kappa shape index (κ2) is 4.92. The molecule has 3 heterocycles. The zero-order valence-electron chi connectivity index (χ0n) is 11.5. The van der Waals surface area contributed by atoms with Crippen molar-refractivity contribution in [3.8, 4) is 5.82 Å². The molecular weight excluding hydrogens is 280 g/mol. The van der Waals surface area contributed by atoms with E-state index in [9.17, 15) is 0 Å². The number of hydrogen-bond donors (Lipinski definition) is 1. The van der Waals surface area contributed by atoms with Crippen LogP contribution in [0.5, 0.6) is 0 Å². The van der Waals surface area contributed by atoms with Crippen LogP contribution in [-0.4, -0.2) is 34.7 Å². The predicted molar refractivity (Wildman–Crippen MR) is 80.2 cm³/mol. The van der Waals surface area contributed by atoms with Gasteiger partial charge in [0, 0.05) is 12.7 Å². The lowest BCUT2D eigenvalue weighted by Crippen LogP contribution is -2.05. The van der Waals surface area contributed by atoms with Gasteiger partial charge in [-0.3, -0.25) is 0 Å². The molecule has 0 aliphatic rings. The third kappa shape index (κ3) is 1.97. The highest BCUT2D eigenvalue weighted by molar-refractivity contribution is 5.94. The van der Waals surface area contributed by atoms with Crippen LogP contribution in [-0.2, 0) is 6.54 Å². The summed E-state index contributed by atoms with van der Waals surface area (Å²) in [4.78, 5) is 3.93. The topological polar surface area (TPSA) is 100 Å². The molecule has 0 aliphatic carbocycles. The van der Waals surface area contributed by atoms with E-state index in [4.69, 9.17) is 5.73 Å². The number of hydrogen-bond acceptors (Lipinski definition) is 6. The molecule has 0 saturated carbocycles. The van der Waals surface area contributed by atoms with E-state index in [1.807, 2.05) is 29.0 Å². The lowest BCUT2D eigenvalue weighted by atomic mass is 10.2. The molecule has 0 atom stereocenters. The summed E-state index contributed by atoms with van der Waals surface area (Å²) < 4.78 is 3.48. The molecule has 0 saturated heterocycles. The van der Waals surface area contributed by atoms with Crippen molar-refractivity contribution < 1.29 is 0 Å². The monoisotopic (exact) mass is 292 g/mol. The minimum atomic E-state index is 0.520. The van der Waals surface area contributed by atoms with Crippen LogP contribution in [0.2, 0.25) is 0 Å². The molecule has 1 aromatic carbocycles. The highest BCUT2D eigenvalue weighted by atomic mass is 15.4. The van der Waals surface area contributed by atoms with E-state index in [1.165, 1.54) is 11.0 Å². The first kappa shape index (κ1) is 12.5. The second-order valence-electron chi connectivity index (χ2n) is 4.85. The molecule has 0 amide bonds. The molecule has 8 nitrogen and oxygen atoms in total. The summed E-state index contributed by atoms with van der Waals surface area (Å²) in [5, 5.41) is 16.8. The van der Waals surface area contributed by atoms with Crippen molar-refractivity contribution in [1.82, 2.24) is 34.7 Å². The molecule has 4 aromatic rings. The first-order valence-corrected chi connectivity index (χ1v) is 6.69. The Labute approximate surface area is 125 Å². The summed E-state index contributed by atoms with van der Waals surface area (Å²) in [6.07, 6.45) is 4.83. The van der Waals surface area contributed by atoms with Gasteiger partial charge in [0.1, 0.15) is 12.7 Å². The Hall–Kier alpha value is -3.29. The number of benzene rings is 1. The smallest absolute Gasteiger partial charge is 0.192 e. The average Bonchev–Trinajstić information content (AvgIpc) is 3.18. The molecule has 0 unspecified atom stereocenters. The molecule has 108 valence electrons. The summed E-state index contributed by atoms with van der Waals surface area (Å²) in [7, 11) is 0. The highest BCUT2D eigenvalue weighted by Gasteiger charge is 2.16. The van der Waals surface area contributed by atoms with Crippen molar-refractivity contribution in [3.05, 3.63) is 54.7 Å². The van der Waals surface area contributed by atoms with Crippen LogP contribution in [0.4, 0.5) is 5.69 Å². The first-order valence-electron chi connectivity index (χ1n) is 6.69. The summed E-state index contributed by atoms with van der Waals surface area (Å²) in [6.45, 7) is 0.657. The molecule has 0 aliphatic heterocycles. The minimum absolute atomic E-state index is 0.520. The lowest BCUT2D eigenvalue weighted by Gasteiger charge is -2.04. The SMILES string of the molecule is Nc1cn(Cc2ccccc2)c2nnnc(-n3cncn3)c12. The van der Waals surface area contributed by atoms with E-state index < -0.39 is 0 Å². The van der Waals surface area contributed by atoms with E-state index in [0.717, 1.165) is 10.9 Å². The number of nitrogens with zero attached hydrogens (tertiary/aromatic N) is 7. The number of aromatic nitrogens is 7. The van der Waals surface area contributed by atoms with Gasteiger partial charge in [-0.1, -0.05) is 30.3 Å². The third-order valence-corrected chi connectivity index (χ3v) is 3.41. The zero-order valence-corrected chi connectivity index (χ0v) is 11.5. The van der Waals surface area contributed by atoms with Crippen molar-refractivity contribution in [2.75, 3.05) is 5.73 Å². The van der Waals surface area contributed by atoms with Crippen LogP contribution in [0.25, 0.3) is 16.9 Å². The van der Waals surface area contributed by atoms with Crippen LogP contribution >= 0.6 is 0 Å². The maximum absolute atomic E-state index is 6.15. The molecule has 22 heavy (non-hydrogen) atoms. The van der Waals surface area contributed by atoms with Crippen molar-refractivity contribution in [2.45, 2.75) is 6.54 Å². The summed E-state index contributed by atoms with van der Waals surface area (Å²) in [5.74, 6) is 0.520. The van der Waals surface area contributed by atoms with E-state index in [1.54, 1.807) is 6.33 Å². The van der Waals surface area contributed by atoms with Crippen molar-refractivity contribution in [3.63, 3.8) is 0 Å². The van der Waals surface area contributed by atoms with Gasteiger partial charge < -0.3 is 10.3 Å².